The molecule has 0 rings (SSSR count). The molecule has 3 heteroatoms. The summed E-state index contributed by atoms with van der Waals surface area (Å²) >= 11 is 5.34. The van der Waals surface area contributed by atoms with E-state index < -0.39 is 5.24 Å². The average molecular weight is 218 g/mol. The fourth-order valence-electron chi connectivity index (χ4n) is 1.14. The molecule has 82 valence electrons. The van der Waals surface area contributed by atoms with Gasteiger partial charge in [-0.1, -0.05) is 27.7 Å². The highest BCUT2D eigenvalue weighted by atomic mass is 35.5. The van der Waals surface area contributed by atoms with Gasteiger partial charge in [0.15, 0.2) is 0 Å². The van der Waals surface area contributed by atoms with Crippen molar-refractivity contribution in [1.29, 1.82) is 0 Å². The molecule has 0 aliphatic rings. The van der Waals surface area contributed by atoms with E-state index in [4.69, 9.17) is 11.6 Å². The van der Waals surface area contributed by atoms with Crippen LogP contribution in [-0.4, -0.2) is 17.5 Å². The maximum Gasteiger partial charge on any atom is 0.266 e. The summed E-state index contributed by atoms with van der Waals surface area (Å²) in [4.78, 5) is 15.0. The summed E-state index contributed by atoms with van der Waals surface area (Å²) in [7, 11) is 0. The van der Waals surface area contributed by atoms with Gasteiger partial charge in [-0.2, -0.15) is 0 Å². The molecular weight excluding hydrogens is 198 g/mol. The summed E-state index contributed by atoms with van der Waals surface area (Å²) in [6.45, 7) is 9.19. The summed E-state index contributed by atoms with van der Waals surface area (Å²) < 4.78 is 0. The van der Waals surface area contributed by atoms with Crippen LogP contribution in [0.15, 0.2) is 4.99 Å². The summed E-state index contributed by atoms with van der Waals surface area (Å²) in [5, 5.41) is -0.414. The lowest BCUT2D eigenvalue weighted by atomic mass is 9.91. The highest BCUT2D eigenvalue weighted by Crippen LogP contribution is 2.20. The first-order valence-corrected chi connectivity index (χ1v) is 5.48. The molecule has 2 nitrogen and oxygen atoms in total. The van der Waals surface area contributed by atoms with Crippen LogP contribution in [0, 0.1) is 5.41 Å². The van der Waals surface area contributed by atoms with E-state index in [1.54, 1.807) is 0 Å². The fraction of sp³-hybridized carbons (Fsp3) is 0.818. The maximum absolute atomic E-state index is 10.8. The minimum absolute atomic E-state index is 0.340. The minimum atomic E-state index is -0.414. The zero-order valence-corrected chi connectivity index (χ0v) is 10.3. The Morgan fingerprint density at radius 1 is 1.36 bits per heavy atom. The number of carbonyl (C=O) groups is 1. The third-order valence-electron chi connectivity index (χ3n) is 1.95. The first kappa shape index (κ1) is 13.6. The van der Waals surface area contributed by atoms with Crippen LogP contribution in [0.5, 0.6) is 0 Å². The van der Waals surface area contributed by atoms with E-state index in [0.29, 0.717) is 24.1 Å². The Bertz CT molecular complexity index is 216. The first-order valence-electron chi connectivity index (χ1n) is 5.10. The van der Waals surface area contributed by atoms with Gasteiger partial charge in [0, 0.05) is 6.54 Å². The van der Waals surface area contributed by atoms with E-state index in [0.717, 1.165) is 12.8 Å². The van der Waals surface area contributed by atoms with Gasteiger partial charge in [0.25, 0.3) is 5.24 Å². The highest BCUT2D eigenvalue weighted by Gasteiger charge is 2.09. The SMILES string of the molecule is CC/C(=N\CCCC(C)(C)C)C(=O)Cl. The third-order valence-corrected chi connectivity index (χ3v) is 2.17. The molecule has 14 heavy (non-hydrogen) atoms. The smallest absolute Gasteiger partial charge is 0.266 e. The predicted molar refractivity (Wildman–Crippen MR) is 62.1 cm³/mol. The zero-order valence-electron chi connectivity index (χ0n) is 9.56. The van der Waals surface area contributed by atoms with Crippen LogP contribution in [0.1, 0.15) is 47.0 Å². The lowest BCUT2D eigenvalue weighted by Gasteiger charge is -2.16. The molecule has 0 aromatic heterocycles. The maximum atomic E-state index is 10.8. The molecule has 0 amide bonds. The molecule has 0 saturated carbocycles. The molecule has 0 atom stereocenters. The summed E-state index contributed by atoms with van der Waals surface area (Å²) in [5.41, 5.74) is 0.841. The van der Waals surface area contributed by atoms with Crippen molar-refractivity contribution in [3.63, 3.8) is 0 Å². The van der Waals surface area contributed by atoms with Crippen molar-refractivity contribution in [2.75, 3.05) is 6.54 Å². The van der Waals surface area contributed by atoms with Crippen LogP contribution < -0.4 is 0 Å². The fourth-order valence-corrected chi connectivity index (χ4v) is 1.33. The number of carbonyl (C=O) groups excluding carboxylic acids is 1. The Labute approximate surface area is 91.7 Å². The normalized spacial score (nSPS) is 13.1. The second kappa shape index (κ2) is 6.18. The third kappa shape index (κ3) is 7.07. The largest absolute Gasteiger partial charge is 0.285 e. The van der Waals surface area contributed by atoms with Gasteiger partial charge in [0.05, 0.1) is 5.71 Å². The summed E-state index contributed by atoms with van der Waals surface area (Å²) in [6, 6.07) is 0. The molecule has 0 N–H and O–H groups in total. The van der Waals surface area contributed by atoms with E-state index in [1.165, 1.54) is 0 Å². The number of aliphatic imine (C=N–C) groups is 1. The first-order chi connectivity index (χ1) is 6.37. The van der Waals surface area contributed by atoms with Crippen molar-refractivity contribution in [1.82, 2.24) is 0 Å². The Balaban J connectivity index is 3.86. The Morgan fingerprint density at radius 3 is 2.29 bits per heavy atom. The molecular formula is C11H20ClNO. The van der Waals surface area contributed by atoms with Gasteiger partial charge in [0.1, 0.15) is 0 Å². The van der Waals surface area contributed by atoms with Crippen LogP contribution in [0.2, 0.25) is 0 Å². The van der Waals surface area contributed by atoms with E-state index in [1.807, 2.05) is 6.92 Å². The standard InChI is InChI=1S/C11H20ClNO/c1-5-9(10(12)14)13-8-6-7-11(2,3)4/h5-8H2,1-4H3/b13-9+. The molecule has 0 fully saturated rings. The van der Waals surface area contributed by atoms with Crippen LogP contribution in [0.4, 0.5) is 0 Å². The molecule has 0 aromatic carbocycles. The van der Waals surface area contributed by atoms with Crippen molar-refractivity contribution in [2.24, 2.45) is 10.4 Å². The molecule has 0 spiro atoms. The van der Waals surface area contributed by atoms with Gasteiger partial charge < -0.3 is 0 Å². The second-order valence-corrected chi connectivity index (χ2v) is 4.96. The van der Waals surface area contributed by atoms with Crippen LogP contribution in [-0.2, 0) is 4.79 Å². The molecule has 0 saturated heterocycles. The summed E-state index contributed by atoms with van der Waals surface area (Å²) in [6.07, 6.45) is 2.75. The number of hydrogen-bond acceptors (Lipinski definition) is 2. The topological polar surface area (TPSA) is 29.4 Å². The van der Waals surface area contributed by atoms with Gasteiger partial charge in [-0.15, -0.1) is 0 Å². The van der Waals surface area contributed by atoms with Crippen LogP contribution in [0.3, 0.4) is 0 Å². The number of rotatable bonds is 5. The summed E-state index contributed by atoms with van der Waals surface area (Å²) in [5.74, 6) is 0. The van der Waals surface area contributed by atoms with Gasteiger partial charge in [0.2, 0.25) is 0 Å². The Kier molecular flexibility index (Phi) is 6.01. The van der Waals surface area contributed by atoms with Crippen molar-refractivity contribution in [3.05, 3.63) is 0 Å². The molecule has 0 bridgehead atoms. The molecule has 0 unspecified atom stereocenters. The van der Waals surface area contributed by atoms with E-state index in [9.17, 15) is 4.79 Å². The minimum Gasteiger partial charge on any atom is -0.285 e. The highest BCUT2D eigenvalue weighted by molar-refractivity contribution is 6.82. The predicted octanol–water partition coefficient (Wildman–Crippen LogP) is 3.43. The molecule has 0 radical (unpaired) electrons. The van der Waals surface area contributed by atoms with Crippen LogP contribution in [0.25, 0.3) is 0 Å². The number of hydrogen-bond donors (Lipinski definition) is 0. The van der Waals surface area contributed by atoms with Gasteiger partial charge in [-0.3, -0.25) is 9.79 Å². The van der Waals surface area contributed by atoms with E-state index in [-0.39, 0.29) is 0 Å². The number of halogens is 1. The number of nitrogens with zero attached hydrogens (tertiary/aromatic N) is 1. The molecule has 0 aliphatic heterocycles. The monoisotopic (exact) mass is 217 g/mol. The molecule has 0 heterocycles. The molecule has 0 aromatic rings. The van der Waals surface area contributed by atoms with Crippen molar-refractivity contribution in [2.45, 2.75) is 47.0 Å². The Morgan fingerprint density at radius 2 is 1.93 bits per heavy atom. The van der Waals surface area contributed by atoms with E-state index >= 15 is 0 Å². The molecule has 0 aliphatic carbocycles. The van der Waals surface area contributed by atoms with Gasteiger partial charge in [-0.05, 0) is 36.3 Å². The second-order valence-electron chi connectivity index (χ2n) is 4.62. The van der Waals surface area contributed by atoms with Crippen LogP contribution >= 0.6 is 11.6 Å². The lowest BCUT2D eigenvalue weighted by molar-refractivity contribution is -0.106. The zero-order chi connectivity index (χ0) is 11.2. The van der Waals surface area contributed by atoms with Crippen molar-refractivity contribution in [3.8, 4) is 0 Å². The average Bonchev–Trinajstić information content (AvgIpc) is 2.01. The van der Waals surface area contributed by atoms with E-state index in [2.05, 4.69) is 25.8 Å². The van der Waals surface area contributed by atoms with Crippen molar-refractivity contribution >= 4 is 22.6 Å². The van der Waals surface area contributed by atoms with Gasteiger partial charge >= 0.3 is 0 Å². The van der Waals surface area contributed by atoms with Gasteiger partial charge in [-0.25, -0.2) is 0 Å². The lowest BCUT2D eigenvalue weighted by Crippen LogP contribution is -2.08. The quantitative estimate of drug-likeness (QED) is 0.394. The Hall–Kier alpha value is -0.370. The van der Waals surface area contributed by atoms with Crippen molar-refractivity contribution < 1.29 is 4.79 Å².